The van der Waals surface area contributed by atoms with Crippen molar-refractivity contribution in [3.05, 3.63) is 47.8 Å². The molecule has 0 aliphatic carbocycles. The molecule has 0 fully saturated rings. The van der Waals surface area contributed by atoms with Gasteiger partial charge in [0.1, 0.15) is 0 Å². The lowest BCUT2D eigenvalue weighted by atomic mass is 10.1. The van der Waals surface area contributed by atoms with Crippen LogP contribution in [0.4, 0.5) is 0 Å². The minimum atomic E-state index is 0.0437. The van der Waals surface area contributed by atoms with Gasteiger partial charge in [-0.3, -0.25) is 4.98 Å². The maximum absolute atomic E-state index is 8.86. The van der Waals surface area contributed by atoms with Crippen molar-refractivity contribution in [1.82, 2.24) is 4.98 Å². The fourth-order valence-electron chi connectivity index (χ4n) is 1.20. The second-order valence-corrected chi connectivity index (χ2v) is 2.95. The molecule has 2 heteroatoms. The molecule has 0 aliphatic heterocycles. The quantitative estimate of drug-likeness (QED) is 0.727. The van der Waals surface area contributed by atoms with Crippen molar-refractivity contribution in [2.24, 2.45) is 0 Å². The molecule has 116 valence electrons. The zero-order chi connectivity index (χ0) is 16.4. The summed E-state index contributed by atoms with van der Waals surface area (Å²) in [4.78, 5) is 4.26. The summed E-state index contributed by atoms with van der Waals surface area (Å²) < 4.78 is 0. The van der Waals surface area contributed by atoms with Crippen LogP contribution < -0.4 is 0 Å². The molecule has 1 rings (SSSR count). The predicted octanol–water partition coefficient (Wildman–Crippen LogP) is 5.63. The number of aliphatic hydroxyl groups is 1. The van der Waals surface area contributed by atoms with E-state index < -0.39 is 0 Å². The first kappa shape index (κ1) is 23.7. The van der Waals surface area contributed by atoms with Crippen molar-refractivity contribution in [1.29, 1.82) is 0 Å². The fourth-order valence-corrected chi connectivity index (χ4v) is 1.20. The van der Waals surface area contributed by atoms with E-state index in [0.29, 0.717) is 0 Å². The summed E-state index contributed by atoms with van der Waals surface area (Å²) in [6.45, 7) is 16.0. The molecule has 0 saturated carbocycles. The first-order valence-corrected chi connectivity index (χ1v) is 7.67. The monoisotopic (exact) mass is 279 g/mol. The summed E-state index contributed by atoms with van der Waals surface area (Å²) >= 11 is 0. The van der Waals surface area contributed by atoms with Gasteiger partial charge in [0.05, 0.1) is 12.3 Å². The van der Waals surface area contributed by atoms with Gasteiger partial charge < -0.3 is 5.11 Å². The lowest BCUT2D eigenvalue weighted by molar-refractivity contribution is 0.281. The topological polar surface area (TPSA) is 33.1 Å². The molecule has 0 aliphatic rings. The highest BCUT2D eigenvalue weighted by Gasteiger charge is 1.97. The molecule has 1 heterocycles. The van der Waals surface area contributed by atoms with Crippen molar-refractivity contribution >= 4 is 5.57 Å². The van der Waals surface area contributed by atoms with Crippen LogP contribution in [0.1, 0.15) is 66.6 Å². The van der Waals surface area contributed by atoms with Crippen molar-refractivity contribution in [2.75, 3.05) is 0 Å². The number of pyridine rings is 1. The highest BCUT2D eigenvalue weighted by Crippen LogP contribution is 2.13. The first-order valence-electron chi connectivity index (χ1n) is 7.67. The third-order valence-corrected chi connectivity index (χ3v) is 1.96. The normalized spacial score (nSPS) is 9.55. The Bertz CT molecular complexity index is 337. The highest BCUT2D eigenvalue weighted by atomic mass is 16.3. The lowest BCUT2D eigenvalue weighted by Crippen LogP contribution is -1.89. The molecule has 0 spiro atoms. The van der Waals surface area contributed by atoms with Crippen LogP contribution in [0.5, 0.6) is 0 Å². The van der Waals surface area contributed by atoms with Gasteiger partial charge in [0, 0.05) is 6.20 Å². The number of aliphatic hydroxyl groups excluding tert-OH is 1. The molecule has 0 atom stereocenters. The molecule has 0 aromatic carbocycles. The van der Waals surface area contributed by atoms with Gasteiger partial charge in [-0.05, 0) is 31.1 Å². The number of rotatable bonds is 3. The summed E-state index contributed by atoms with van der Waals surface area (Å²) in [6, 6.07) is 3.80. The molecule has 20 heavy (non-hydrogen) atoms. The van der Waals surface area contributed by atoms with Crippen LogP contribution in [0.2, 0.25) is 0 Å². The molecule has 0 saturated heterocycles. The summed E-state index contributed by atoms with van der Waals surface area (Å²) in [5.41, 5.74) is 2.87. The maximum atomic E-state index is 8.86. The van der Waals surface area contributed by atoms with Gasteiger partial charge in [-0.15, -0.1) is 0 Å². The van der Waals surface area contributed by atoms with E-state index in [-0.39, 0.29) is 6.61 Å². The third kappa shape index (κ3) is 10.5. The van der Waals surface area contributed by atoms with E-state index in [1.54, 1.807) is 6.20 Å². The van der Waals surface area contributed by atoms with Gasteiger partial charge in [-0.25, -0.2) is 0 Å². The van der Waals surface area contributed by atoms with Crippen molar-refractivity contribution < 1.29 is 5.11 Å². The molecule has 0 unspecified atom stereocenters. The first-order chi connectivity index (χ1) is 9.81. The Kier molecular flexibility index (Phi) is 23.6. The average molecular weight is 279 g/mol. The van der Waals surface area contributed by atoms with Crippen LogP contribution in [0.15, 0.2) is 36.6 Å². The van der Waals surface area contributed by atoms with Crippen LogP contribution in [0.25, 0.3) is 5.57 Å². The van der Waals surface area contributed by atoms with Crippen molar-refractivity contribution in [3.8, 4) is 0 Å². The Hall–Kier alpha value is -1.41. The molecule has 1 N–H and O–H groups in total. The molecule has 1 aromatic heterocycles. The van der Waals surface area contributed by atoms with E-state index in [4.69, 9.17) is 5.11 Å². The number of aromatic nitrogens is 1. The molecule has 0 bridgehead atoms. The molecule has 1 aromatic rings. The SMILES string of the molecule is C/C=C\C(=C/C)c1ccc(CO)cn1.CC.CC.CC. The van der Waals surface area contributed by atoms with E-state index in [9.17, 15) is 0 Å². The van der Waals surface area contributed by atoms with Gasteiger partial charge in [-0.1, -0.05) is 65.8 Å². The smallest absolute Gasteiger partial charge is 0.0698 e. The average Bonchev–Trinajstić information content (AvgIpc) is 2.58. The predicted molar refractivity (Wildman–Crippen MR) is 92.7 cm³/mol. The highest BCUT2D eigenvalue weighted by molar-refractivity contribution is 5.71. The standard InChI is InChI=1S/C12H15NO.3C2H6/c1-3-5-11(4-2)12-7-6-10(9-14)8-13-12;3*1-2/h3-8,14H,9H2,1-2H3;3*1-2H3/b5-3-,11-4+;;;. The summed E-state index contributed by atoms with van der Waals surface area (Å²) in [5, 5.41) is 8.86. The Morgan fingerprint density at radius 3 is 1.90 bits per heavy atom. The van der Waals surface area contributed by atoms with Gasteiger partial charge in [0.2, 0.25) is 0 Å². The van der Waals surface area contributed by atoms with Crippen molar-refractivity contribution in [3.63, 3.8) is 0 Å². The Morgan fingerprint density at radius 2 is 1.60 bits per heavy atom. The number of nitrogens with zero attached hydrogens (tertiary/aromatic N) is 1. The zero-order valence-electron chi connectivity index (χ0n) is 14.6. The Balaban J connectivity index is -0.000000425. The third-order valence-electron chi connectivity index (χ3n) is 1.96. The van der Waals surface area contributed by atoms with E-state index >= 15 is 0 Å². The van der Waals surface area contributed by atoms with Crippen LogP contribution >= 0.6 is 0 Å². The van der Waals surface area contributed by atoms with Gasteiger partial charge in [-0.2, -0.15) is 0 Å². The Morgan fingerprint density at radius 1 is 1.05 bits per heavy atom. The Labute approximate surface area is 126 Å². The van der Waals surface area contributed by atoms with E-state index in [1.165, 1.54) is 0 Å². The van der Waals surface area contributed by atoms with Crippen LogP contribution in [0, 0.1) is 0 Å². The zero-order valence-corrected chi connectivity index (χ0v) is 14.6. The minimum absolute atomic E-state index is 0.0437. The van der Waals surface area contributed by atoms with E-state index in [0.717, 1.165) is 16.8 Å². The van der Waals surface area contributed by atoms with Crippen LogP contribution in [-0.4, -0.2) is 10.1 Å². The van der Waals surface area contributed by atoms with Crippen LogP contribution in [0.3, 0.4) is 0 Å². The van der Waals surface area contributed by atoms with Gasteiger partial charge >= 0.3 is 0 Å². The molecule has 2 nitrogen and oxygen atoms in total. The number of hydrogen-bond donors (Lipinski definition) is 1. The molecular formula is C18H33NO. The largest absolute Gasteiger partial charge is 0.392 e. The van der Waals surface area contributed by atoms with Gasteiger partial charge in [0.15, 0.2) is 0 Å². The summed E-state index contributed by atoms with van der Waals surface area (Å²) in [6.07, 6.45) is 7.71. The fraction of sp³-hybridized carbons (Fsp3) is 0.500. The van der Waals surface area contributed by atoms with Crippen molar-refractivity contribution in [2.45, 2.75) is 62.0 Å². The molecular weight excluding hydrogens is 246 g/mol. The molecule has 0 amide bonds. The minimum Gasteiger partial charge on any atom is -0.392 e. The number of hydrogen-bond acceptors (Lipinski definition) is 2. The maximum Gasteiger partial charge on any atom is 0.0698 e. The number of allylic oxidation sites excluding steroid dienone is 4. The van der Waals surface area contributed by atoms with E-state index in [2.05, 4.69) is 4.98 Å². The molecule has 0 radical (unpaired) electrons. The lowest BCUT2D eigenvalue weighted by Gasteiger charge is -2.01. The summed E-state index contributed by atoms with van der Waals surface area (Å²) in [7, 11) is 0. The second-order valence-electron chi connectivity index (χ2n) is 2.95. The van der Waals surface area contributed by atoms with E-state index in [1.807, 2.05) is 85.8 Å². The summed E-state index contributed by atoms with van der Waals surface area (Å²) in [5.74, 6) is 0. The van der Waals surface area contributed by atoms with Gasteiger partial charge in [0.25, 0.3) is 0 Å². The second kappa shape index (κ2) is 19.9. The van der Waals surface area contributed by atoms with Crippen LogP contribution in [-0.2, 0) is 6.61 Å².